The molecule has 0 unspecified atom stereocenters. The molecule has 0 bridgehead atoms. The molecule has 25 heavy (non-hydrogen) atoms. The van der Waals surface area contributed by atoms with E-state index in [1.807, 2.05) is 24.2 Å². The van der Waals surface area contributed by atoms with E-state index in [4.69, 9.17) is 0 Å². The molecule has 0 aliphatic carbocycles. The van der Waals surface area contributed by atoms with Crippen LogP contribution in [0.25, 0.3) is 0 Å². The third-order valence-electron chi connectivity index (χ3n) is 5.18. The maximum atomic E-state index is 12.9. The number of aryl methyl sites for hydroxylation is 2. The summed E-state index contributed by atoms with van der Waals surface area (Å²) in [5.74, 6) is 0.0676. The molecular formula is C19H25N5O. The third-order valence-corrected chi connectivity index (χ3v) is 5.18. The zero-order valence-corrected chi connectivity index (χ0v) is 14.8. The first-order valence-electron chi connectivity index (χ1n) is 9.17. The van der Waals surface area contributed by atoms with Crippen molar-refractivity contribution in [2.45, 2.75) is 45.8 Å². The Bertz CT molecular complexity index is 763. The molecule has 6 heteroatoms. The Hall–Kier alpha value is -2.21. The van der Waals surface area contributed by atoms with Gasteiger partial charge in [-0.1, -0.05) is 0 Å². The molecule has 4 rings (SSSR count). The van der Waals surface area contributed by atoms with Crippen molar-refractivity contribution in [3.8, 4) is 0 Å². The lowest BCUT2D eigenvalue weighted by molar-refractivity contribution is 0.0744. The molecule has 4 heterocycles. The fourth-order valence-corrected chi connectivity index (χ4v) is 3.83. The number of hydrogen-bond acceptors (Lipinski definition) is 4. The number of nitrogens with zero attached hydrogens (tertiary/aromatic N) is 5. The van der Waals surface area contributed by atoms with Gasteiger partial charge in [0.2, 0.25) is 0 Å². The zero-order valence-electron chi connectivity index (χ0n) is 14.8. The van der Waals surface area contributed by atoms with Gasteiger partial charge in [0.1, 0.15) is 0 Å². The van der Waals surface area contributed by atoms with Crippen LogP contribution in [0.2, 0.25) is 0 Å². The number of rotatable bonds is 3. The summed E-state index contributed by atoms with van der Waals surface area (Å²) in [6.07, 6.45) is 8.91. The number of aromatic nitrogens is 3. The lowest BCUT2D eigenvalue weighted by atomic mass is 10.2. The second-order valence-corrected chi connectivity index (χ2v) is 7.15. The van der Waals surface area contributed by atoms with Gasteiger partial charge in [-0.05, 0) is 50.9 Å². The van der Waals surface area contributed by atoms with Crippen LogP contribution in [0.3, 0.4) is 0 Å². The number of carbonyl (C=O) groups is 1. The van der Waals surface area contributed by atoms with Gasteiger partial charge >= 0.3 is 0 Å². The summed E-state index contributed by atoms with van der Waals surface area (Å²) in [5, 5.41) is 0. The van der Waals surface area contributed by atoms with E-state index in [1.165, 1.54) is 18.5 Å². The highest BCUT2D eigenvalue weighted by atomic mass is 16.2. The average Bonchev–Trinajstić information content (AvgIpc) is 3.20. The fourth-order valence-electron chi connectivity index (χ4n) is 3.83. The molecule has 2 aromatic rings. The van der Waals surface area contributed by atoms with E-state index in [2.05, 4.69) is 19.4 Å². The van der Waals surface area contributed by atoms with Crippen molar-refractivity contribution >= 4 is 5.91 Å². The number of likely N-dealkylation sites (tertiary alicyclic amines) is 1. The number of amides is 1. The molecule has 1 fully saturated rings. The highest BCUT2D eigenvalue weighted by Gasteiger charge is 2.24. The van der Waals surface area contributed by atoms with E-state index in [-0.39, 0.29) is 5.91 Å². The molecular weight excluding hydrogens is 314 g/mol. The predicted molar refractivity (Wildman–Crippen MR) is 95.1 cm³/mol. The second kappa shape index (κ2) is 6.96. The van der Waals surface area contributed by atoms with Gasteiger partial charge in [0.15, 0.2) is 0 Å². The van der Waals surface area contributed by atoms with Gasteiger partial charge in [0, 0.05) is 32.0 Å². The third kappa shape index (κ3) is 3.44. The van der Waals surface area contributed by atoms with E-state index in [9.17, 15) is 4.79 Å². The normalized spacial score (nSPS) is 18.2. The average molecular weight is 339 g/mol. The van der Waals surface area contributed by atoms with Gasteiger partial charge in [-0.2, -0.15) is 0 Å². The van der Waals surface area contributed by atoms with Crippen molar-refractivity contribution in [2.75, 3.05) is 19.6 Å². The maximum absolute atomic E-state index is 12.9. The SMILES string of the molecule is Cc1cncc(C(=O)N2CCCn3cnc(CN4CCCC4)c3C2)c1. The summed E-state index contributed by atoms with van der Waals surface area (Å²) in [6.45, 7) is 7.52. The van der Waals surface area contributed by atoms with Crippen molar-refractivity contribution in [1.29, 1.82) is 0 Å². The second-order valence-electron chi connectivity index (χ2n) is 7.15. The highest BCUT2D eigenvalue weighted by Crippen LogP contribution is 2.21. The molecule has 0 saturated carbocycles. The standard InChI is InChI=1S/C19H25N5O/c1-15-9-16(11-20-10-15)19(25)23-7-4-8-24-14-21-17(18(24)13-23)12-22-5-2-3-6-22/h9-11,14H,2-8,12-13H2,1H3. The van der Waals surface area contributed by atoms with Crippen LogP contribution in [-0.2, 0) is 19.6 Å². The van der Waals surface area contributed by atoms with E-state index in [0.717, 1.165) is 50.4 Å². The van der Waals surface area contributed by atoms with Crippen molar-refractivity contribution in [3.63, 3.8) is 0 Å². The zero-order chi connectivity index (χ0) is 17.2. The van der Waals surface area contributed by atoms with Crippen LogP contribution in [0.15, 0.2) is 24.8 Å². The molecule has 6 nitrogen and oxygen atoms in total. The highest BCUT2D eigenvalue weighted by molar-refractivity contribution is 5.94. The van der Waals surface area contributed by atoms with Crippen LogP contribution < -0.4 is 0 Å². The van der Waals surface area contributed by atoms with Crippen LogP contribution >= 0.6 is 0 Å². The first kappa shape index (κ1) is 16.3. The van der Waals surface area contributed by atoms with Gasteiger partial charge in [-0.25, -0.2) is 4.98 Å². The summed E-state index contributed by atoms with van der Waals surface area (Å²) < 4.78 is 2.23. The summed E-state index contributed by atoms with van der Waals surface area (Å²) in [4.78, 5) is 26.2. The number of fused-ring (bicyclic) bond motifs is 1. The van der Waals surface area contributed by atoms with Gasteiger partial charge in [-0.15, -0.1) is 0 Å². The molecule has 0 N–H and O–H groups in total. The van der Waals surface area contributed by atoms with Gasteiger partial charge in [0.25, 0.3) is 5.91 Å². The quantitative estimate of drug-likeness (QED) is 0.860. The Morgan fingerprint density at radius 2 is 1.96 bits per heavy atom. The molecule has 132 valence electrons. The Morgan fingerprint density at radius 3 is 2.76 bits per heavy atom. The largest absolute Gasteiger partial charge is 0.333 e. The molecule has 2 aliphatic rings. The number of pyridine rings is 1. The summed E-state index contributed by atoms with van der Waals surface area (Å²) in [5.41, 5.74) is 4.01. The van der Waals surface area contributed by atoms with Gasteiger partial charge < -0.3 is 9.47 Å². The van der Waals surface area contributed by atoms with E-state index in [0.29, 0.717) is 12.1 Å². The molecule has 0 atom stereocenters. The number of carbonyl (C=O) groups excluding carboxylic acids is 1. The van der Waals surface area contributed by atoms with Crippen molar-refractivity contribution in [3.05, 3.63) is 47.3 Å². The molecule has 0 radical (unpaired) electrons. The predicted octanol–water partition coefficient (Wildman–Crippen LogP) is 2.23. The Morgan fingerprint density at radius 1 is 1.12 bits per heavy atom. The van der Waals surface area contributed by atoms with Crippen LogP contribution in [-0.4, -0.2) is 49.9 Å². The number of imidazole rings is 1. The number of hydrogen-bond donors (Lipinski definition) is 0. The van der Waals surface area contributed by atoms with Crippen molar-refractivity contribution in [1.82, 2.24) is 24.3 Å². The van der Waals surface area contributed by atoms with E-state index < -0.39 is 0 Å². The van der Waals surface area contributed by atoms with Crippen LogP contribution in [0.5, 0.6) is 0 Å². The Kier molecular flexibility index (Phi) is 4.53. The van der Waals surface area contributed by atoms with Crippen LogP contribution in [0, 0.1) is 6.92 Å². The minimum absolute atomic E-state index is 0.0676. The maximum Gasteiger partial charge on any atom is 0.255 e. The van der Waals surface area contributed by atoms with Crippen LogP contribution in [0.1, 0.15) is 46.6 Å². The summed E-state index contributed by atoms with van der Waals surface area (Å²) in [6, 6.07) is 1.92. The van der Waals surface area contributed by atoms with Crippen molar-refractivity contribution < 1.29 is 4.79 Å². The lowest BCUT2D eigenvalue weighted by Gasteiger charge is -2.21. The first-order chi connectivity index (χ1) is 12.2. The Balaban J connectivity index is 1.55. The minimum Gasteiger partial charge on any atom is -0.333 e. The smallest absolute Gasteiger partial charge is 0.255 e. The van der Waals surface area contributed by atoms with Crippen LogP contribution in [0.4, 0.5) is 0 Å². The fraction of sp³-hybridized carbons (Fsp3) is 0.526. The molecule has 1 amide bonds. The minimum atomic E-state index is 0.0676. The van der Waals surface area contributed by atoms with E-state index >= 15 is 0 Å². The van der Waals surface area contributed by atoms with E-state index in [1.54, 1.807) is 12.4 Å². The molecule has 0 spiro atoms. The van der Waals surface area contributed by atoms with Gasteiger partial charge in [-0.3, -0.25) is 14.7 Å². The van der Waals surface area contributed by atoms with Crippen molar-refractivity contribution in [2.24, 2.45) is 0 Å². The molecule has 0 aromatic carbocycles. The monoisotopic (exact) mass is 339 g/mol. The summed E-state index contributed by atoms with van der Waals surface area (Å²) >= 11 is 0. The van der Waals surface area contributed by atoms with Gasteiger partial charge in [0.05, 0.1) is 29.8 Å². The molecule has 1 saturated heterocycles. The topological polar surface area (TPSA) is 54.3 Å². The lowest BCUT2D eigenvalue weighted by Crippen LogP contribution is -2.31. The molecule has 2 aliphatic heterocycles. The molecule has 2 aromatic heterocycles. The summed E-state index contributed by atoms with van der Waals surface area (Å²) in [7, 11) is 0. The first-order valence-corrected chi connectivity index (χ1v) is 9.17. The Labute approximate surface area is 148 Å².